The highest BCUT2D eigenvalue weighted by molar-refractivity contribution is 7.89. The van der Waals surface area contributed by atoms with Crippen LogP contribution in [0.25, 0.3) is 10.9 Å². The molecule has 2 aromatic carbocycles. The first-order chi connectivity index (χ1) is 13.8. The molecule has 0 aliphatic rings. The number of aromatic nitrogens is 1. The fraction of sp³-hybridized carbons (Fsp3) is 0.238. The highest BCUT2D eigenvalue weighted by atomic mass is 32.2. The van der Waals surface area contributed by atoms with Crippen LogP contribution in [0.1, 0.15) is 21.5 Å². The monoisotopic (exact) mass is 414 g/mol. The van der Waals surface area contributed by atoms with Crippen LogP contribution in [0.15, 0.2) is 54.7 Å². The van der Waals surface area contributed by atoms with E-state index in [0.29, 0.717) is 11.1 Å². The molecule has 0 unspecified atom stereocenters. The molecular formula is C21H22N2O5S. The zero-order valence-corrected chi connectivity index (χ0v) is 17.0. The molecular weight excluding hydrogens is 392 g/mol. The van der Waals surface area contributed by atoms with Crippen LogP contribution < -0.4 is 5.32 Å². The van der Waals surface area contributed by atoms with Crippen molar-refractivity contribution >= 4 is 32.6 Å². The summed E-state index contributed by atoms with van der Waals surface area (Å²) in [6, 6.07) is 13.1. The maximum Gasteiger partial charge on any atom is 0.328 e. The van der Waals surface area contributed by atoms with Crippen molar-refractivity contribution in [3.63, 3.8) is 0 Å². The highest BCUT2D eigenvalue weighted by Gasteiger charge is 2.24. The van der Waals surface area contributed by atoms with E-state index in [-0.39, 0.29) is 12.2 Å². The molecule has 3 aromatic rings. The number of nitrogens with one attached hydrogen (secondary N) is 2. The van der Waals surface area contributed by atoms with Crippen molar-refractivity contribution in [2.75, 3.05) is 13.4 Å². The third-order valence-electron chi connectivity index (χ3n) is 4.53. The van der Waals surface area contributed by atoms with Crippen LogP contribution in [0.3, 0.4) is 0 Å². The van der Waals surface area contributed by atoms with Gasteiger partial charge in [-0.15, -0.1) is 0 Å². The summed E-state index contributed by atoms with van der Waals surface area (Å²) in [5.41, 5.74) is 2.75. The minimum Gasteiger partial charge on any atom is -0.467 e. The van der Waals surface area contributed by atoms with Gasteiger partial charge in [0, 0.05) is 35.3 Å². The average molecular weight is 414 g/mol. The van der Waals surface area contributed by atoms with Crippen LogP contribution in [-0.2, 0) is 31.5 Å². The van der Waals surface area contributed by atoms with Crippen molar-refractivity contribution in [3.8, 4) is 0 Å². The van der Waals surface area contributed by atoms with E-state index in [4.69, 9.17) is 4.74 Å². The Bertz CT molecular complexity index is 1130. The third kappa shape index (κ3) is 5.23. The van der Waals surface area contributed by atoms with Crippen LogP contribution >= 0.6 is 0 Å². The molecule has 0 saturated carbocycles. The normalized spacial score (nSPS) is 12.5. The Kier molecular flexibility index (Phi) is 6.03. The maximum absolute atomic E-state index is 12.6. The van der Waals surface area contributed by atoms with E-state index < -0.39 is 27.8 Å². The lowest BCUT2D eigenvalue weighted by molar-refractivity contribution is -0.142. The summed E-state index contributed by atoms with van der Waals surface area (Å²) in [5, 5.41) is 3.68. The Hall–Kier alpha value is -3.13. The number of hydrogen-bond donors (Lipinski definition) is 2. The minimum absolute atomic E-state index is 0.0970. The molecule has 0 saturated heterocycles. The number of para-hydroxylation sites is 1. The number of H-pyrrole nitrogens is 1. The Morgan fingerprint density at radius 3 is 2.45 bits per heavy atom. The van der Waals surface area contributed by atoms with Gasteiger partial charge in [0.25, 0.3) is 5.91 Å². The number of amides is 1. The van der Waals surface area contributed by atoms with Gasteiger partial charge in [0.1, 0.15) is 6.04 Å². The fourth-order valence-electron chi connectivity index (χ4n) is 3.15. The van der Waals surface area contributed by atoms with E-state index in [1.165, 1.54) is 19.2 Å². The van der Waals surface area contributed by atoms with Crippen LogP contribution in [0.2, 0.25) is 0 Å². The average Bonchev–Trinajstić information content (AvgIpc) is 3.09. The standard InChI is InChI=1S/C21H22N2O5S/c1-28-21(25)19(11-16-12-22-18-6-4-3-5-17(16)18)23-20(24)15-9-7-14(8-10-15)13-29(2,26)27/h3-10,12,19,22H,11,13H2,1-2H3,(H,23,24)/t19-/m1/s1. The lowest BCUT2D eigenvalue weighted by Gasteiger charge is -2.16. The second-order valence-electron chi connectivity index (χ2n) is 6.88. The number of ether oxygens (including phenoxy) is 1. The molecule has 1 aromatic heterocycles. The number of methoxy groups -OCH3 is 1. The summed E-state index contributed by atoms with van der Waals surface area (Å²) in [7, 11) is -1.88. The summed E-state index contributed by atoms with van der Waals surface area (Å²) in [4.78, 5) is 28.0. The molecule has 152 valence electrons. The summed E-state index contributed by atoms with van der Waals surface area (Å²) >= 11 is 0. The molecule has 0 radical (unpaired) electrons. The van der Waals surface area contributed by atoms with Crippen molar-refractivity contribution in [2.45, 2.75) is 18.2 Å². The van der Waals surface area contributed by atoms with Crippen molar-refractivity contribution in [3.05, 3.63) is 71.4 Å². The molecule has 2 N–H and O–H groups in total. The van der Waals surface area contributed by atoms with Crippen molar-refractivity contribution in [1.82, 2.24) is 10.3 Å². The number of esters is 1. The molecule has 0 aliphatic heterocycles. The first-order valence-electron chi connectivity index (χ1n) is 8.97. The number of carbonyl (C=O) groups is 2. The van der Waals surface area contributed by atoms with Gasteiger partial charge in [0.2, 0.25) is 0 Å². The van der Waals surface area contributed by atoms with Crippen molar-refractivity contribution in [1.29, 1.82) is 0 Å². The molecule has 1 amide bonds. The minimum atomic E-state index is -3.16. The predicted octanol–water partition coefficient (Wildman–Crippen LogP) is 2.23. The number of fused-ring (bicyclic) bond motifs is 1. The summed E-state index contributed by atoms with van der Waals surface area (Å²) in [6.45, 7) is 0. The molecule has 1 heterocycles. The predicted molar refractivity (Wildman–Crippen MR) is 110 cm³/mol. The molecule has 1 atom stereocenters. The Balaban J connectivity index is 1.76. The Labute approximate surface area is 169 Å². The van der Waals surface area contributed by atoms with Gasteiger partial charge >= 0.3 is 5.97 Å². The molecule has 0 fully saturated rings. The van der Waals surface area contributed by atoms with Gasteiger partial charge in [-0.3, -0.25) is 4.79 Å². The summed E-state index contributed by atoms with van der Waals surface area (Å²) in [5.74, 6) is -1.08. The first kappa shape index (κ1) is 20.6. The number of carbonyl (C=O) groups excluding carboxylic acids is 2. The van der Waals surface area contributed by atoms with Crippen molar-refractivity contribution in [2.24, 2.45) is 0 Å². The maximum atomic E-state index is 12.6. The number of hydrogen-bond acceptors (Lipinski definition) is 5. The molecule has 0 spiro atoms. The number of sulfone groups is 1. The first-order valence-corrected chi connectivity index (χ1v) is 11.0. The zero-order valence-electron chi connectivity index (χ0n) is 16.1. The van der Waals surface area contributed by atoms with E-state index in [9.17, 15) is 18.0 Å². The third-order valence-corrected chi connectivity index (χ3v) is 5.39. The molecule has 8 heteroatoms. The van der Waals surface area contributed by atoms with Gasteiger partial charge in [-0.2, -0.15) is 0 Å². The molecule has 29 heavy (non-hydrogen) atoms. The van der Waals surface area contributed by atoms with Gasteiger partial charge in [0.15, 0.2) is 9.84 Å². The number of aromatic amines is 1. The second kappa shape index (κ2) is 8.48. The van der Waals surface area contributed by atoms with E-state index in [1.807, 2.05) is 30.5 Å². The second-order valence-corrected chi connectivity index (χ2v) is 9.02. The van der Waals surface area contributed by atoms with Gasteiger partial charge in [-0.05, 0) is 29.3 Å². The number of benzene rings is 2. The van der Waals surface area contributed by atoms with E-state index >= 15 is 0 Å². The zero-order chi connectivity index (χ0) is 21.0. The summed E-state index contributed by atoms with van der Waals surface area (Å²) in [6.07, 6.45) is 3.24. The highest BCUT2D eigenvalue weighted by Crippen LogP contribution is 2.19. The van der Waals surface area contributed by atoms with E-state index in [0.717, 1.165) is 22.7 Å². The molecule has 7 nitrogen and oxygen atoms in total. The quantitative estimate of drug-likeness (QED) is 0.577. The SMILES string of the molecule is COC(=O)[C@@H](Cc1c[nH]c2ccccc12)NC(=O)c1ccc(CS(C)(=O)=O)cc1. The van der Waals surface area contributed by atoms with Gasteiger partial charge in [0.05, 0.1) is 12.9 Å². The smallest absolute Gasteiger partial charge is 0.328 e. The van der Waals surface area contributed by atoms with E-state index in [1.54, 1.807) is 12.1 Å². The van der Waals surface area contributed by atoms with E-state index in [2.05, 4.69) is 10.3 Å². The van der Waals surface area contributed by atoms with Crippen molar-refractivity contribution < 1.29 is 22.7 Å². The van der Waals surface area contributed by atoms with Gasteiger partial charge < -0.3 is 15.0 Å². The number of rotatable bonds is 7. The van der Waals surface area contributed by atoms with Crippen LogP contribution in [0.5, 0.6) is 0 Å². The van der Waals surface area contributed by atoms with Crippen LogP contribution in [0.4, 0.5) is 0 Å². The summed E-state index contributed by atoms with van der Waals surface area (Å²) < 4.78 is 27.6. The molecule has 0 bridgehead atoms. The Morgan fingerprint density at radius 2 is 1.79 bits per heavy atom. The lowest BCUT2D eigenvalue weighted by atomic mass is 10.0. The molecule has 3 rings (SSSR count). The topological polar surface area (TPSA) is 105 Å². The van der Waals surface area contributed by atoms with Crippen LogP contribution in [-0.4, -0.2) is 44.7 Å². The Morgan fingerprint density at radius 1 is 1.10 bits per heavy atom. The lowest BCUT2D eigenvalue weighted by Crippen LogP contribution is -2.43. The molecule has 0 aliphatic carbocycles. The van der Waals surface area contributed by atoms with Gasteiger partial charge in [-0.25, -0.2) is 13.2 Å². The van der Waals surface area contributed by atoms with Crippen LogP contribution in [0, 0.1) is 0 Å². The van der Waals surface area contributed by atoms with Gasteiger partial charge in [-0.1, -0.05) is 30.3 Å². The fourth-order valence-corrected chi connectivity index (χ4v) is 3.95. The largest absolute Gasteiger partial charge is 0.467 e.